The Balaban J connectivity index is 0.00000225. The molecule has 0 aliphatic carbocycles. The number of benzene rings is 2. The van der Waals surface area contributed by atoms with E-state index in [0.29, 0.717) is 0 Å². The van der Waals surface area contributed by atoms with Gasteiger partial charge in [-0.05, 0) is 74.2 Å². The van der Waals surface area contributed by atoms with Gasteiger partial charge in [-0.15, -0.1) is 12.4 Å². The molecule has 5 nitrogen and oxygen atoms in total. The van der Waals surface area contributed by atoms with Gasteiger partial charge in [0.05, 0.1) is 18.4 Å². The average molecular weight is 402 g/mol. The molecule has 6 heteroatoms. The fourth-order valence-corrected chi connectivity index (χ4v) is 4.20. The molecule has 2 aromatic rings. The highest BCUT2D eigenvalue weighted by atomic mass is 35.5. The third-order valence-corrected chi connectivity index (χ3v) is 5.83. The normalized spacial score (nSPS) is 21.2. The molecule has 2 aliphatic heterocycles. The zero-order valence-corrected chi connectivity index (χ0v) is 17.0. The highest BCUT2D eigenvalue weighted by Gasteiger charge is 2.32. The first-order valence-electron chi connectivity index (χ1n) is 9.74. The summed E-state index contributed by atoms with van der Waals surface area (Å²) < 4.78 is 5.21. The Labute approximate surface area is 172 Å². The van der Waals surface area contributed by atoms with Crippen LogP contribution in [0.15, 0.2) is 48.5 Å². The maximum atomic E-state index is 13.2. The number of nitrogens with one attached hydrogen (secondary N) is 2. The summed E-state index contributed by atoms with van der Waals surface area (Å²) in [6.45, 7) is 3.89. The van der Waals surface area contributed by atoms with Gasteiger partial charge in [-0.25, -0.2) is 0 Å². The molecule has 2 N–H and O–H groups in total. The molecule has 1 amide bonds. The Morgan fingerprint density at radius 2 is 1.68 bits per heavy atom. The van der Waals surface area contributed by atoms with E-state index in [-0.39, 0.29) is 18.3 Å². The topological polar surface area (TPSA) is 53.6 Å². The molecule has 2 aliphatic rings. The summed E-state index contributed by atoms with van der Waals surface area (Å²) in [6.07, 6.45) is 2.19. The number of amides is 1. The molecule has 2 fully saturated rings. The molecule has 28 heavy (non-hydrogen) atoms. The van der Waals surface area contributed by atoms with E-state index in [9.17, 15) is 4.79 Å². The molecule has 0 bridgehead atoms. The number of hydrogen-bond donors (Lipinski definition) is 2. The first-order chi connectivity index (χ1) is 13.2. The zero-order valence-electron chi connectivity index (χ0n) is 16.2. The fraction of sp³-hybridized carbons (Fsp3) is 0.409. The van der Waals surface area contributed by atoms with E-state index in [2.05, 4.69) is 10.6 Å². The van der Waals surface area contributed by atoms with Gasteiger partial charge in [-0.1, -0.05) is 12.1 Å². The molecule has 0 saturated carbocycles. The summed E-state index contributed by atoms with van der Waals surface area (Å²) >= 11 is 0. The molecule has 2 aromatic carbocycles. The van der Waals surface area contributed by atoms with Crippen molar-refractivity contribution < 1.29 is 9.53 Å². The van der Waals surface area contributed by atoms with Crippen LogP contribution < -0.4 is 15.4 Å². The van der Waals surface area contributed by atoms with E-state index in [0.717, 1.165) is 73.5 Å². The molecule has 2 heterocycles. The van der Waals surface area contributed by atoms with Crippen LogP contribution in [0.3, 0.4) is 0 Å². The van der Waals surface area contributed by atoms with Crippen LogP contribution in [0.4, 0.5) is 11.4 Å². The first kappa shape index (κ1) is 20.5. The summed E-state index contributed by atoms with van der Waals surface area (Å²) in [5.74, 6) is 2.37. The predicted molar refractivity (Wildman–Crippen MR) is 115 cm³/mol. The van der Waals surface area contributed by atoms with Gasteiger partial charge in [-0.3, -0.25) is 4.79 Å². The minimum absolute atomic E-state index is 0. The number of likely N-dealkylation sites (tertiary alicyclic amines) is 1. The summed E-state index contributed by atoms with van der Waals surface area (Å²) in [5, 5.41) is 6.88. The molecule has 0 unspecified atom stereocenters. The first-order valence-corrected chi connectivity index (χ1v) is 9.74. The van der Waals surface area contributed by atoms with Crippen LogP contribution >= 0.6 is 12.4 Å². The number of carbonyl (C=O) groups excluding carboxylic acids is 1. The van der Waals surface area contributed by atoms with Crippen LogP contribution in [-0.2, 0) is 0 Å². The number of methoxy groups -OCH3 is 1. The van der Waals surface area contributed by atoms with Gasteiger partial charge in [0.2, 0.25) is 0 Å². The van der Waals surface area contributed by atoms with Crippen molar-refractivity contribution in [3.8, 4) is 5.75 Å². The highest BCUT2D eigenvalue weighted by Crippen LogP contribution is 2.29. The van der Waals surface area contributed by atoms with Gasteiger partial charge in [-0.2, -0.15) is 0 Å². The largest absolute Gasteiger partial charge is 0.497 e. The van der Waals surface area contributed by atoms with Gasteiger partial charge in [0.1, 0.15) is 5.75 Å². The van der Waals surface area contributed by atoms with Crippen LogP contribution in [0.1, 0.15) is 23.2 Å². The number of hydrogen-bond acceptors (Lipinski definition) is 4. The Morgan fingerprint density at radius 3 is 2.32 bits per heavy atom. The molecule has 2 atom stereocenters. The van der Waals surface area contributed by atoms with Crippen LogP contribution in [0.5, 0.6) is 5.75 Å². The van der Waals surface area contributed by atoms with Crippen molar-refractivity contribution in [2.45, 2.75) is 12.8 Å². The molecule has 2 saturated heterocycles. The monoisotopic (exact) mass is 401 g/mol. The van der Waals surface area contributed by atoms with E-state index < -0.39 is 0 Å². The number of halogens is 1. The van der Waals surface area contributed by atoms with Gasteiger partial charge in [0.15, 0.2) is 0 Å². The molecular formula is C22H28ClN3O2. The van der Waals surface area contributed by atoms with Crippen molar-refractivity contribution >= 4 is 29.7 Å². The Morgan fingerprint density at radius 1 is 1.04 bits per heavy atom. The van der Waals surface area contributed by atoms with Crippen LogP contribution in [0.2, 0.25) is 0 Å². The maximum absolute atomic E-state index is 13.2. The lowest BCUT2D eigenvalue weighted by Gasteiger charge is -2.22. The number of rotatable bonds is 4. The Kier molecular flexibility index (Phi) is 6.81. The van der Waals surface area contributed by atoms with Crippen molar-refractivity contribution in [2.75, 3.05) is 38.6 Å². The van der Waals surface area contributed by atoms with Gasteiger partial charge >= 0.3 is 0 Å². The lowest BCUT2D eigenvalue weighted by molar-refractivity contribution is 0.0759. The second-order valence-corrected chi connectivity index (χ2v) is 7.45. The maximum Gasteiger partial charge on any atom is 0.255 e. The molecule has 0 radical (unpaired) electrons. The smallest absolute Gasteiger partial charge is 0.255 e. The number of carbonyl (C=O) groups is 1. The Bertz CT molecular complexity index is 783. The van der Waals surface area contributed by atoms with Crippen LogP contribution in [-0.4, -0.2) is 44.1 Å². The minimum atomic E-state index is 0. The van der Waals surface area contributed by atoms with Crippen molar-refractivity contribution in [1.82, 2.24) is 10.2 Å². The standard InChI is InChI=1S/C22H27N3O2.ClH/c1-27-19-8-6-18(7-9-19)24-21-5-3-2-4-20(21)22(26)25-12-10-16-14-23-15-17(16)11-13-25;/h2-9,16-17,23-24H,10-15H2,1H3;1H/t16-,17+;. The van der Waals surface area contributed by atoms with E-state index in [1.165, 1.54) is 0 Å². The number of para-hydroxylation sites is 1. The van der Waals surface area contributed by atoms with E-state index >= 15 is 0 Å². The molecule has 4 rings (SSSR count). The number of nitrogens with zero attached hydrogens (tertiary/aromatic N) is 1. The van der Waals surface area contributed by atoms with Crippen molar-refractivity contribution in [3.05, 3.63) is 54.1 Å². The van der Waals surface area contributed by atoms with Crippen LogP contribution in [0.25, 0.3) is 0 Å². The third-order valence-electron chi connectivity index (χ3n) is 5.83. The second kappa shape index (κ2) is 9.30. The third kappa shape index (κ3) is 4.42. The SMILES string of the molecule is COc1ccc(Nc2ccccc2C(=O)N2CC[C@@H]3CNC[C@@H]3CC2)cc1.Cl. The number of ether oxygens (including phenoxy) is 1. The molecule has 0 aromatic heterocycles. The Hall–Kier alpha value is -2.24. The number of fused-ring (bicyclic) bond motifs is 1. The van der Waals surface area contributed by atoms with E-state index in [1.54, 1.807) is 7.11 Å². The lowest BCUT2D eigenvalue weighted by atomic mass is 9.92. The van der Waals surface area contributed by atoms with E-state index in [4.69, 9.17) is 4.74 Å². The quantitative estimate of drug-likeness (QED) is 0.814. The van der Waals surface area contributed by atoms with Gasteiger partial charge < -0.3 is 20.3 Å². The van der Waals surface area contributed by atoms with E-state index in [1.807, 2.05) is 53.4 Å². The second-order valence-electron chi connectivity index (χ2n) is 7.45. The summed E-state index contributed by atoms with van der Waals surface area (Å²) in [5.41, 5.74) is 2.52. The summed E-state index contributed by atoms with van der Waals surface area (Å²) in [7, 11) is 1.65. The van der Waals surface area contributed by atoms with Crippen molar-refractivity contribution in [1.29, 1.82) is 0 Å². The van der Waals surface area contributed by atoms with Crippen LogP contribution in [0, 0.1) is 11.8 Å². The van der Waals surface area contributed by atoms with Gasteiger partial charge in [0.25, 0.3) is 5.91 Å². The predicted octanol–water partition coefficient (Wildman–Crippen LogP) is 3.93. The molecule has 0 spiro atoms. The fourth-order valence-electron chi connectivity index (χ4n) is 4.20. The number of anilines is 2. The highest BCUT2D eigenvalue weighted by molar-refractivity contribution is 6.00. The lowest BCUT2D eigenvalue weighted by Crippen LogP contribution is -2.33. The minimum Gasteiger partial charge on any atom is -0.497 e. The van der Waals surface area contributed by atoms with Crippen molar-refractivity contribution in [3.63, 3.8) is 0 Å². The average Bonchev–Trinajstić information content (AvgIpc) is 3.07. The zero-order chi connectivity index (χ0) is 18.6. The summed E-state index contributed by atoms with van der Waals surface area (Å²) in [4.78, 5) is 15.3. The molecular weight excluding hydrogens is 374 g/mol. The van der Waals surface area contributed by atoms with Crippen molar-refractivity contribution in [2.24, 2.45) is 11.8 Å². The molecule has 150 valence electrons. The summed E-state index contributed by atoms with van der Waals surface area (Å²) in [6, 6.07) is 15.5. The van der Waals surface area contributed by atoms with Gasteiger partial charge in [0, 0.05) is 18.8 Å².